The van der Waals surface area contributed by atoms with Crippen molar-refractivity contribution in [2.75, 3.05) is 5.75 Å². The maximum absolute atomic E-state index is 12.0. The van der Waals surface area contributed by atoms with Crippen LogP contribution in [0.1, 0.15) is 17.9 Å². The number of nitrogens with zero attached hydrogens (tertiary/aromatic N) is 4. The lowest BCUT2D eigenvalue weighted by Crippen LogP contribution is -2.18. The Morgan fingerprint density at radius 2 is 2.07 bits per heavy atom. The molecule has 1 N–H and O–H groups in total. The van der Waals surface area contributed by atoms with E-state index in [1.54, 1.807) is 27.7 Å². The molecule has 3 heterocycles. The first-order valence-electron chi connectivity index (χ1n) is 8.48. The molecule has 0 spiro atoms. The number of thioether (sulfide) groups is 1. The first-order valence-corrected chi connectivity index (χ1v) is 10.3. The van der Waals surface area contributed by atoms with Gasteiger partial charge in [0.25, 0.3) is 0 Å². The van der Waals surface area contributed by atoms with Crippen molar-refractivity contribution in [1.82, 2.24) is 24.9 Å². The van der Waals surface area contributed by atoms with Crippen molar-refractivity contribution in [2.24, 2.45) is 0 Å². The maximum Gasteiger partial charge on any atom is 0.344 e. The summed E-state index contributed by atoms with van der Waals surface area (Å²) in [6, 6.07) is 13.8. The molecule has 1 aromatic carbocycles. The summed E-state index contributed by atoms with van der Waals surface area (Å²) in [5.74, 6) is 2.06. The van der Waals surface area contributed by atoms with Gasteiger partial charge in [-0.05, 0) is 23.4 Å². The summed E-state index contributed by atoms with van der Waals surface area (Å²) < 4.78 is 6.96. The van der Waals surface area contributed by atoms with E-state index in [1.165, 1.54) is 0 Å². The molecule has 0 saturated heterocycles. The van der Waals surface area contributed by atoms with Crippen LogP contribution in [0.5, 0.6) is 0 Å². The molecule has 138 valence electrons. The zero-order chi connectivity index (χ0) is 18.5. The second-order valence-electron chi connectivity index (χ2n) is 5.82. The first-order chi connectivity index (χ1) is 13.3. The number of hydrogen-bond acceptors (Lipinski definition) is 7. The molecule has 3 aromatic heterocycles. The summed E-state index contributed by atoms with van der Waals surface area (Å²) in [6.07, 6.45) is 1.54. The summed E-state index contributed by atoms with van der Waals surface area (Å²) in [7, 11) is 0. The fraction of sp³-hybridized carbons (Fsp3) is 0.222. The van der Waals surface area contributed by atoms with Crippen LogP contribution >= 0.6 is 23.1 Å². The normalized spacial score (nSPS) is 11.1. The largest absolute Gasteiger partial charge is 0.344 e. The van der Waals surface area contributed by atoms with Gasteiger partial charge in [-0.2, -0.15) is 4.98 Å². The van der Waals surface area contributed by atoms with E-state index in [4.69, 9.17) is 4.52 Å². The molecule has 0 aliphatic rings. The van der Waals surface area contributed by atoms with Crippen LogP contribution in [0, 0.1) is 0 Å². The molecule has 0 radical (unpaired) electrons. The van der Waals surface area contributed by atoms with Crippen molar-refractivity contribution in [3.8, 4) is 10.7 Å². The number of H-pyrrole nitrogens is 1. The Morgan fingerprint density at radius 1 is 1.19 bits per heavy atom. The van der Waals surface area contributed by atoms with Gasteiger partial charge in [-0.1, -0.05) is 53.3 Å². The smallest absolute Gasteiger partial charge is 0.339 e. The van der Waals surface area contributed by atoms with E-state index in [2.05, 4.69) is 20.3 Å². The minimum absolute atomic E-state index is 0.196. The Kier molecular flexibility index (Phi) is 5.50. The van der Waals surface area contributed by atoms with E-state index in [0.29, 0.717) is 29.8 Å². The average molecular weight is 400 g/mol. The molecule has 27 heavy (non-hydrogen) atoms. The molecule has 0 atom stereocenters. The van der Waals surface area contributed by atoms with Gasteiger partial charge in [0, 0.05) is 12.2 Å². The van der Waals surface area contributed by atoms with Gasteiger partial charge in [-0.15, -0.1) is 16.4 Å². The Morgan fingerprint density at radius 3 is 2.89 bits per heavy atom. The number of hydrogen-bond donors (Lipinski definition) is 1. The lowest BCUT2D eigenvalue weighted by Gasteiger charge is -2.05. The van der Waals surface area contributed by atoms with Crippen LogP contribution < -0.4 is 5.69 Å². The van der Waals surface area contributed by atoms with E-state index in [1.807, 2.05) is 47.8 Å². The standard InChI is InChI=1S/C18H17N5O2S2/c24-17-20-21-18(23(17)12-13-6-2-1-3-7-13)27-11-5-9-15-19-16(22-25-15)14-8-4-10-26-14/h1-4,6-8,10H,5,9,11-12H2,(H,20,24). The molecule has 0 fully saturated rings. The van der Waals surface area contributed by atoms with Gasteiger partial charge >= 0.3 is 5.69 Å². The number of benzene rings is 1. The summed E-state index contributed by atoms with van der Waals surface area (Å²) in [5, 5.41) is 13.4. The summed E-state index contributed by atoms with van der Waals surface area (Å²) in [5.41, 5.74) is 0.869. The fourth-order valence-corrected chi connectivity index (χ4v) is 4.10. The maximum atomic E-state index is 12.0. The molecule has 0 aliphatic heterocycles. The average Bonchev–Trinajstić information content (AvgIpc) is 3.43. The molecule has 0 saturated carbocycles. The molecule has 7 nitrogen and oxygen atoms in total. The molecular weight excluding hydrogens is 382 g/mol. The van der Waals surface area contributed by atoms with Crippen LogP contribution in [0.4, 0.5) is 0 Å². The van der Waals surface area contributed by atoms with Gasteiger partial charge in [0.2, 0.25) is 11.7 Å². The highest BCUT2D eigenvalue weighted by atomic mass is 32.2. The second kappa shape index (κ2) is 8.36. The highest BCUT2D eigenvalue weighted by molar-refractivity contribution is 7.99. The van der Waals surface area contributed by atoms with E-state index in [-0.39, 0.29) is 5.69 Å². The van der Waals surface area contributed by atoms with Gasteiger partial charge in [0.1, 0.15) is 0 Å². The lowest BCUT2D eigenvalue weighted by molar-refractivity contribution is 0.378. The molecule has 4 aromatic rings. The van der Waals surface area contributed by atoms with Crippen molar-refractivity contribution < 1.29 is 4.52 Å². The minimum atomic E-state index is -0.196. The topological polar surface area (TPSA) is 89.6 Å². The van der Waals surface area contributed by atoms with Crippen molar-refractivity contribution >= 4 is 23.1 Å². The van der Waals surface area contributed by atoms with Gasteiger partial charge in [0.15, 0.2) is 5.16 Å². The number of aromatic amines is 1. The Labute approximate surface area is 163 Å². The number of rotatable bonds is 8. The molecule has 0 unspecified atom stereocenters. The molecule has 0 bridgehead atoms. The van der Waals surface area contributed by atoms with Gasteiger partial charge in [0.05, 0.1) is 11.4 Å². The molecule has 4 rings (SSSR count). The van der Waals surface area contributed by atoms with Gasteiger partial charge in [-0.25, -0.2) is 9.89 Å². The van der Waals surface area contributed by atoms with Crippen LogP contribution in [0.15, 0.2) is 62.3 Å². The van der Waals surface area contributed by atoms with Crippen LogP contribution in [-0.4, -0.2) is 30.7 Å². The molecule has 0 aliphatic carbocycles. The van der Waals surface area contributed by atoms with Crippen LogP contribution in [-0.2, 0) is 13.0 Å². The van der Waals surface area contributed by atoms with E-state index >= 15 is 0 Å². The second-order valence-corrected chi connectivity index (χ2v) is 7.83. The summed E-state index contributed by atoms with van der Waals surface area (Å²) >= 11 is 3.13. The lowest BCUT2D eigenvalue weighted by atomic mass is 10.2. The van der Waals surface area contributed by atoms with Crippen molar-refractivity contribution in [1.29, 1.82) is 0 Å². The number of aryl methyl sites for hydroxylation is 1. The Hall–Kier alpha value is -2.65. The molecular formula is C18H17N5O2S2. The first kappa shape index (κ1) is 17.7. The fourth-order valence-electron chi connectivity index (χ4n) is 2.57. The number of nitrogens with one attached hydrogen (secondary N) is 1. The van der Waals surface area contributed by atoms with Gasteiger partial charge in [-0.3, -0.25) is 4.57 Å². The van der Waals surface area contributed by atoms with Crippen molar-refractivity contribution in [3.05, 3.63) is 69.8 Å². The number of aromatic nitrogens is 5. The van der Waals surface area contributed by atoms with Crippen LogP contribution in [0.25, 0.3) is 10.7 Å². The Balaban J connectivity index is 1.32. The third-order valence-electron chi connectivity index (χ3n) is 3.88. The minimum Gasteiger partial charge on any atom is -0.339 e. The summed E-state index contributed by atoms with van der Waals surface area (Å²) in [4.78, 5) is 17.4. The third kappa shape index (κ3) is 4.37. The van der Waals surface area contributed by atoms with E-state index in [0.717, 1.165) is 22.6 Å². The van der Waals surface area contributed by atoms with Gasteiger partial charge < -0.3 is 4.52 Å². The zero-order valence-corrected chi connectivity index (χ0v) is 16.0. The quantitative estimate of drug-likeness (QED) is 0.360. The highest BCUT2D eigenvalue weighted by Crippen LogP contribution is 2.22. The predicted octanol–water partition coefficient (Wildman–Crippen LogP) is 3.46. The molecule has 9 heteroatoms. The highest BCUT2D eigenvalue weighted by Gasteiger charge is 2.11. The van der Waals surface area contributed by atoms with Crippen molar-refractivity contribution in [2.45, 2.75) is 24.5 Å². The van der Waals surface area contributed by atoms with E-state index < -0.39 is 0 Å². The van der Waals surface area contributed by atoms with E-state index in [9.17, 15) is 4.79 Å². The summed E-state index contributed by atoms with van der Waals surface area (Å²) in [6.45, 7) is 0.506. The van der Waals surface area contributed by atoms with Crippen LogP contribution in [0.3, 0.4) is 0 Å². The number of thiophene rings is 1. The SMILES string of the molecule is O=c1[nH]nc(SCCCc2nc(-c3cccs3)no2)n1Cc1ccccc1. The van der Waals surface area contributed by atoms with Crippen molar-refractivity contribution in [3.63, 3.8) is 0 Å². The van der Waals surface area contributed by atoms with Crippen LogP contribution in [0.2, 0.25) is 0 Å². The Bertz CT molecular complexity index is 1040. The zero-order valence-electron chi connectivity index (χ0n) is 14.4. The molecule has 0 amide bonds. The monoisotopic (exact) mass is 399 g/mol. The third-order valence-corrected chi connectivity index (χ3v) is 5.81. The predicted molar refractivity (Wildman–Crippen MR) is 105 cm³/mol.